The molecule has 5 nitrogen and oxygen atoms in total. The highest BCUT2D eigenvalue weighted by molar-refractivity contribution is 7.98. The number of nitrogen functional groups attached to an aromatic ring is 1. The van der Waals surface area contributed by atoms with Gasteiger partial charge in [0.05, 0.1) is 20.1 Å². The van der Waals surface area contributed by atoms with Gasteiger partial charge >= 0.3 is 0 Å². The molecule has 0 spiro atoms. The summed E-state index contributed by atoms with van der Waals surface area (Å²) in [6, 6.07) is 13.8. The van der Waals surface area contributed by atoms with Gasteiger partial charge in [-0.15, -0.1) is 0 Å². The molecule has 2 aromatic carbocycles. The summed E-state index contributed by atoms with van der Waals surface area (Å²) in [6.45, 7) is 2.21. The molecule has 0 saturated heterocycles. The van der Waals surface area contributed by atoms with Crippen molar-refractivity contribution in [1.29, 1.82) is 0 Å². The number of rotatable bonds is 15. The lowest BCUT2D eigenvalue weighted by atomic mass is 10.1. The van der Waals surface area contributed by atoms with Crippen LogP contribution in [-0.4, -0.2) is 16.8 Å². The third-order valence-electron chi connectivity index (χ3n) is 5.67. The Kier molecular flexibility index (Phi) is 11.1. The van der Waals surface area contributed by atoms with Gasteiger partial charge in [0, 0.05) is 5.69 Å². The van der Waals surface area contributed by atoms with Crippen molar-refractivity contribution in [1.82, 2.24) is 0 Å². The first-order valence-corrected chi connectivity index (χ1v) is 14.9. The van der Waals surface area contributed by atoms with Gasteiger partial charge in [-0.05, 0) is 49.2 Å². The molecule has 0 atom stereocenters. The zero-order chi connectivity index (χ0) is 24.2. The molecule has 0 saturated carbocycles. The predicted molar refractivity (Wildman–Crippen MR) is 136 cm³/mol. The van der Waals surface area contributed by atoms with Crippen LogP contribution in [0.4, 0.5) is 5.69 Å². The summed E-state index contributed by atoms with van der Waals surface area (Å²) < 4.78 is 52.3. The van der Waals surface area contributed by atoms with E-state index >= 15 is 0 Å². The first kappa shape index (κ1) is 27.1. The van der Waals surface area contributed by atoms with Crippen LogP contribution in [0.5, 0.6) is 0 Å². The maximum Gasteiger partial charge on any atom is 0.203 e. The van der Waals surface area contributed by atoms with Gasteiger partial charge < -0.3 is 5.73 Å². The Bertz CT molecular complexity index is 1070. The maximum atomic E-state index is 13.2. The molecule has 0 fully saturated rings. The fourth-order valence-electron chi connectivity index (χ4n) is 3.69. The molecule has 2 rings (SSSR count). The zero-order valence-corrected chi connectivity index (χ0v) is 21.2. The molecule has 0 aliphatic heterocycles. The predicted octanol–water partition coefficient (Wildman–Crippen LogP) is 6.67. The lowest BCUT2D eigenvalue weighted by molar-refractivity contribution is 0.555. The number of sulfone groups is 2. The molecule has 7 heteroatoms. The van der Waals surface area contributed by atoms with Crippen molar-refractivity contribution in [2.75, 3.05) is 5.73 Å². The Balaban J connectivity index is 2.08. The van der Waals surface area contributed by atoms with Crippen LogP contribution in [0.1, 0.15) is 77.6 Å². The molecular weight excluding hydrogens is 454 g/mol. The summed E-state index contributed by atoms with van der Waals surface area (Å²) in [4.78, 5) is 0.0708. The highest BCUT2D eigenvalue weighted by atomic mass is 32.2. The van der Waals surface area contributed by atoms with Crippen LogP contribution in [-0.2, 0) is 19.7 Å². The van der Waals surface area contributed by atoms with Crippen molar-refractivity contribution in [2.45, 2.75) is 87.3 Å². The van der Waals surface area contributed by atoms with Crippen LogP contribution in [0.15, 0.2) is 74.7 Å². The molecule has 182 valence electrons. The van der Waals surface area contributed by atoms with Crippen LogP contribution in [0, 0.1) is 0 Å². The van der Waals surface area contributed by atoms with Gasteiger partial charge in [0.15, 0.2) is 0 Å². The third kappa shape index (κ3) is 8.97. The SMILES string of the molecule is CCCCCCCCCCCCC(=CS(=O)(=O)c1ccc(N)cc1)S(=O)(=O)c1ccccc1. The smallest absolute Gasteiger partial charge is 0.203 e. The molecule has 2 N–H and O–H groups in total. The molecule has 2 aromatic rings. The number of allylic oxidation sites excluding steroid dienone is 1. The Labute approximate surface area is 199 Å². The molecule has 0 radical (unpaired) electrons. The van der Waals surface area contributed by atoms with Crippen molar-refractivity contribution in [2.24, 2.45) is 0 Å². The Hall–Kier alpha value is -2.12. The van der Waals surface area contributed by atoms with E-state index < -0.39 is 19.7 Å². The quantitative estimate of drug-likeness (QED) is 0.222. The average molecular weight is 492 g/mol. The summed E-state index contributed by atoms with van der Waals surface area (Å²) >= 11 is 0. The van der Waals surface area contributed by atoms with Gasteiger partial charge in [-0.25, -0.2) is 16.8 Å². The molecule has 0 heterocycles. The highest BCUT2D eigenvalue weighted by Crippen LogP contribution is 2.27. The van der Waals surface area contributed by atoms with Gasteiger partial charge in [-0.2, -0.15) is 0 Å². The van der Waals surface area contributed by atoms with E-state index in [4.69, 9.17) is 5.73 Å². The molecule has 0 aliphatic carbocycles. The van der Waals surface area contributed by atoms with Gasteiger partial charge in [0.25, 0.3) is 0 Å². The molecule has 0 amide bonds. The molecular formula is C26H37NO4S2. The largest absolute Gasteiger partial charge is 0.399 e. The van der Waals surface area contributed by atoms with Crippen molar-refractivity contribution < 1.29 is 16.8 Å². The van der Waals surface area contributed by atoms with Crippen molar-refractivity contribution in [3.63, 3.8) is 0 Å². The van der Waals surface area contributed by atoms with Crippen LogP contribution in [0.3, 0.4) is 0 Å². The summed E-state index contributed by atoms with van der Waals surface area (Å²) in [7, 11) is -7.83. The van der Waals surface area contributed by atoms with E-state index in [-0.39, 0.29) is 21.1 Å². The van der Waals surface area contributed by atoms with Crippen LogP contribution in [0.25, 0.3) is 0 Å². The van der Waals surface area contributed by atoms with E-state index in [9.17, 15) is 16.8 Å². The minimum atomic E-state index is -3.93. The highest BCUT2D eigenvalue weighted by Gasteiger charge is 2.24. The number of hydrogen-bond donors (Lipinski definition) is 1. The zero-order valence-electron chi connectivity index (χ0n) is 19.6. The summed E-state index contributed by atoms with van der Waals surface area (Å²) in [5, 5.41) is 0.925. The molecule has 0 unspecified atom stereocenters. The Morgan fingerprint density at radius 2 is 1.21 bits per heavy atom. The van der Waals surface area contributed by atoms with Crippen molar-refractivity contribution in [3.8, 4) is 0 Å². The van der Waals surface area contributed by atoms with Gasteiger partial charge in [-0.3, -0.25) is 0 Å². The van der Waals surface area contributed by atoms with Gasteiger partial charge in [0.2, 0.25) is 19.7 Å². The standard InChI is InChI=1S/C26H37NO4S2/c1-2-3-4-5-6-7-8-9-10-12-17-26(33(30,31)25-15-13-11-14-16-25)22-32(28,29)24-20-18-23(27)19-21-24/h11,13-16,18-22H,2-10,12,17,27H2,1H3. The van der Waals surface area contributed by atoms with Crippen molar-refractivity contribution >= 4 is 25.4 Å². The van der Waals surface area contributed by atoms with E-state index in [2.05, 4.69) is 6.92 Å². The summed E-state index contributed by atoms with van der Waals surface area (Å²) in [6.07, 6.45) is 11.4. The second kappa shape index (κ2) is 13.6. The normalized spacial score (nSPS) is 12.7. The van der Waals surface area contributed by atoms with Crippen molar-refractivity contribution in [3.05, 3.63) is 64.9 Å². The Morgan fingerprint density at radius 3 is 1.76 bits per heavy atom. The van der Waals surface area contributed by atoms with E-state index in [1.165, 1.54) is 74.9 Å². The van der Waals surface area contributed by atoms with Crippen LogP contribution in [0.2, 0.25) is 0 Å². The lowest BCUT2D eigenvalue weighted by Crippen LogP contribution is -2.08. The van der Waals surface area contributed by atoms with Crippen LogP contribution >= 0.6 is 0 Å². The van der Waals surface area contributed by atoms with E-state index in [1.807, 2.05) is 0 Å². The Morgan fingerprint density at radius 1 is 0.697 bits per heavy atom. The number of nitrogens with two attached hydrogens (primary N) is 1. The summed E-state index contributed by atoms with van der Waals surface area (Å²) in [5.41, 5.74) is 6.10. The topological polar surface area (TPSA) is 94.3 Å². The third-order valence-corrected chi connectivity index (χ3v) is 9.25. The van der Waals surface area contributed by atoms with E-state index in [0.29, 0.717) is 12.1 Å². The number of benzene rings is 2. The fourth-order valence-corrected chi connectivity index (χ4v) is 6.93. The average Bonchev–Trinajstić information content (AvgIpc) is 2.80. The summed E-state index contributed by atoms with van der Waals surface area (Å²) in [5.74, 6) is 0. The lowest BCUT2D eigenvalue weighted by Gasteiger charge is -2.11. The van der Waals surface area contributed by atoms with E-state index in [1.54, 1.807) is 18.2 Å². The van der Waals surface area contributed by atoms with Crippen LogP contribution < -0.4 is 5.73 Å². The molecule has 33 heavy (non-hydrogen) atoms. The second-order valence-electron chi connectivity index (χ2n) is 8.45. The first-order valence-electron chi connectivity index (χ1n) is 11.9. The minimum absolute atomic E-state index is 0.0283. The number of anilines is 1. The minimum Gasteiger partial charge on any atom is -0.399 e. The van der Waals surface area contributed by atoms with Gasteiger partial charge in [-0.1, -0.05) is 82.9 Å². The molecule has 0 bridgehead atoms. The fraction of sp³-hybridized carbons (Fsp3) is 0.462. The second-order valence-corrected chi connectivity index (χ2v) is 12.2. The molecule has 0 aliphatic rings. The number of hydrogen-bond acceptors (Lipinski definition) is 5. The van der Waals surface area contributed by atoms with Gasteiger partial charge in [0.1, 0.15) is 0 Å². The van der Waals surface area contributed by atoms with E-state index in [0.717, 1.165) is 24.7 Å². The monoisotopic (exact) mass is 491 g/mol. The first-order chi connectivity index (χ1) is 15.8. The molecule has 0 aromatic heterocycles. The maximum absolute atomic E-state index is 13.2. The number of unbranched alkanes of at least 4 members (excludes halogenated alkanes) is 9.